The highest BCUT2D eigenvalue weighted by Crippen LogP contribution is 2.33. The lowest BCUT2D eigenvalue weighted by Gasteiger charge is -2.31. The predicted octanol–water partition coefficient (Wildman–Crippen LogP) is 2.70. The first-order valence-electron chi connectivity index (χ1n) is 10.2. The number of sulfonamides is 1. The Morgan fingerprint density at radius 1 is 1.03 bits per heavy atom. The van der Waals surface area contributed by atoms with E-state index in [1.807, 2.05) is 0 Å². The summed E-state index contributed by atoms with van der Waals surface area (Å²) in [6.07, 6.45) is 1.12. The number of benzene rings is 2. The van der Waals surface area contributed by atoms with Gasteiger partial charge in [0.15, 0.2) is 0 Å². The molecule has 0 aromatic heterocycles. The number of methoxy groups -OCH3 is 2. The van der Waals surface area contributed by atoms with Gasteiger partial charge in [0.05, 0.1) is 20.1 Å². The minimum Gasteiger partial charge on any atom is -0.497 e. The highest BCUT2D eigenvalue weighted by molar-refractivity contribution is 7.89. The fourth-order valence-corrected chi connectivity index (χ4v) is 5.32. The second kappa shape index (κ2) is 10.0. The van der Waals surface area contributed by atoms with Crippen LogP contribution in [0.5, 0.6) is 11.5 Å². The Morgan fingerprint density at radius 2 is 1.75 bits per heavy atom. The molecular formula is C22H27N3O6S. The number of piperidine rings is 1. The van der Waals surface area contributed by atoms with Crippen LogP contribution in [0, 0.1) is 5.92 Å². The molecule has 3 rings (SSSR count). The van der Waals surface area contributed by atoms with E-state index in [0.717, 1.165) is 0 Å². The molecule has 2 aromatic carbocycles. The number of rotatable bonds is 7. The van der Waals surface area contributed by atoms with Gasteiger partial charge in [-0.15, -0.1) is 0 Å². The van der Waals surface area contributed by atoms with Crippen LogP contribution in [-0.2, 0) is 19.6 Å². The lowest BCUT2D eigenvalue weighted by atomic mass is 9.98. The van der Waals surface area contributed by atoms with Crippen molar-refractivity contribution in [1.29, 1.82) is 0 Å². The van der Waals surface area contributed by atoms with E-state index in [9.17, 15) is 18.0 Å². The van der Waals surface area contributed by atoms with E-state index >= 15 is 0 Å². The van der Waals surface area contributed by atoms with Gasteiger partial charge in [-0.1, -0.05) is 6.07 Å². The van der Waals surface area contributed by atoms with Crippen LogP contribution >= 0.6 is 0 Å². The van der Waals surface area contributed by atoms with E-state index in [-0.39, 0.29) is 29.0 Å². The maximum absolute atomic E-state index is 13.3. The van der Waals surface area contributed by atoms with Gasteiger partial charge in [-0.2, -0.15) is 4.31 Å². The Kier molecular flexibility index (Phi) is 7.37. The summed E-state index contributed by atoms with van der Waals surface area (Å²) in [5.74, 6) is -0.390. The molecule has 0 bridgehead atoms. The van der Waals surface area contributed by atoms with Crippen molar-refractivity contribution in [2.45, 2.75) is 24.7 Å². The zero-order valence-electron chi connectivity index (χ0n) is 18.3. The summed E-state index contributed by atoms with van der Waals surface area (Å²) in [6.45, 7) is 1.77. The summed E-state index contributed by atoms with van der Waals surface area (Å²) in [6, 6.07) is 11.4. The fraction of sp³-hybridized carbons (Fsp3) is 0.364. The van der Waals surface area contributed by atoms with Crippen molar-refractivity contribution in [2.24, 2.45) is 5.92 Å². The zero-order valence-corrected chi connectivity index (χ0v) is 19.1. The molecule has 1 atom stereocenters. The van der Waals surface area contributed by atoms with Gasteiger partial charge < -0.3 is 20.1 Å². The smallest absolute Gasteiger partial charge is 0.246 e. The Balaban J connectivity index is 1.76. The van der Waals surface area contributed by atoms with Crippen LogP contribution in [0.4, 0.5) is 11.4 Å². The molecule has 0 radical (unpaired) electrons. The Labute approximate surface area is 187 Å². The van der Waals surface area contributed by atoms with Crippen molar-refractivity contribution in [3.63, 3.8) is 0 Å². The maximum atomic E-state index is 13.3. The van der Waals surface area contributed by atoms with Crippen LogP contribution in [0.2, 0.25) is 0 Å². The molecule has 1 aliphatic rings. The Hall–Kier alpha value is -3.11. The van der Waals surface area contributed by atoms with Crippen LogP contribution in [0.3, 0.4) is 0 Å². The number of anilines is 2. The molecule has 2 aromatic rings. The number of nitrogens with zero attached hydrogens (tertiary/aromatic N) is 1. The van der Waals surface area contributed by atoms with Gasteiger partial charge in [0, 0.05) is 37.5 Å². The number of hydrogen-bond acceptors (Lipinski definition) is 6. The molecule has 0 aliphatic carbocycles. The third-order valence-corrected chi connectivity index (χ3v) is 7.08. The first-order valence-corrected chi connectivity index (χ1v) is 11.6. The van der Waals surface area contributed by atoms with Crippen molar-refractivity contribution in [1.82, 2.24) is 4.31 Å². The summed E-state index contributed by atoms with van der Waals surface area (Å²) in [4.78, 5) is 24.1. The van der Waals surface area contributed by atoms with E-state index in [0.29, 0.717) is 36.5 Å². The van der Waals surface area contributed by atoms with E-state index < -0.39 is 15.9 Å². The number of hydrogen-bond donors (Lipinski definition) is 2. The molecule has 2 amide bonds. The van der Waals surface area contributed by atoms with Crippen molar-refractivity contribution >= 4 is 33.2 Å². The molecule has 9 nitrogen and oxygen atoms in total. The minimum atomic E-state index is -3.90. The van der Waals surface area contributed by atoms with Gasteiger partial charge in [-0.25, -0.2) is 8.42 Å². The summed E-state index contributed by atoms with van der Waals surface area (Å²) in [7, 11) is -1.03. The molecule has 172 valence electrons. The summed E-state index contributed by atoms with van der Waals surface area (Å²) in [5.41, 5.74) is 1.09. The minimum absolute atomic E-state index is 0.00316. The molecule has 0 saturated carbocycles. The summed E-state index contributed by atoms with van der Waals surface area (Å²) in [5, 5.41) is 5.48. The monoisotopic (exact) mass is 461 g/mol. The lowest BCUT2D eigenvalue weighted by molar-refractivity contribution is -0.121. The fourth-order valence-electron chi connectivity index (χ4n) is 3.62. The van der Waals surface area contributed by atoms with Crippen LogP contribution < -0.4 is 20.1 Å². The number of ether oxygens (including phenoxy) is 2. The van der Waals surface area contributed by atoms with Gasteiger partial charge in [0.25, 0.3) is 0 Å². The maximum Gasteiger partial charge on any atom is 0.246 e. The standard InChI is InChI=1S/C22H27N3O6S/c1-15(26)23-17-7-4-8-18(12-17)24-22(27)16-6-5-11-25(14-16)32(28,29)21-13-19(30-2)9-10-20(21)31-3/h4,7-10,12-13,16H,5-6,11,14H2,1-3H3,(H,23,26)(H,24,27)/t16-/m1/s1. The Morgan fingerprint density at radius 3 is 2.41 bits per heavy atom. The average Bonchev–Trinajstić information content (AvgIpc) is 2.78. The van der Waals surface area contributed by atoms with Crippen molar-refractivity contribution in [3.8, 4) is 11.5 Å². The summed E-state index contributed by atoms with van der Waals surface area (Å²) < 4.78 is 38.4. The van der Waals surface area contributed by atoms with Crippen LogP contribution in [-0.4, -0.2) is 51.8 Å². The number of carbonyl (C=O) groups excluding carboxylic acids is 2. The molecule has 0 spiro atoms. The van der Waals surface area contributed by atoms with Gasteiger partial charge in [-0.3, -0.25) is 9.59 Å². The molecule has 32 heavy (non-hydrogen) atoms. The van der Waals surface area contributed by atoms with Crippen molar-refractivity contribution < 1.29 is 27.5 Å². The first-order chi connectivity index (χ1) is 15.2. The van der Waals surface area contributed by atoms with E-state index in [4.69, 9.17) is 9.47 Å². The normalized spacial score (nSPS) is 16.8. The SMILES string of the molecule is COc1ccc(OC)c(S(=O)(=O)N2CCC[C@@H](C(=O)Nc3cccc(NC(C)=O)c3)C2)c1. The van der Waals surface area contributed by atoms with Crippen molar-refractivity contribution in [3.05, 3.63) is 42.5 Å². The molecule has 2 N–H and O–H groups in total. The Bertz CT molecular complexity index is 1100. The number of carbonyl (C=O) groups is 2. The van der Waals surface area contributed by atoms with E-state index in [2.05, 4.69) is 10.6 Å². The molecule has 1 saturated heterocycles. The largest absolute Gasteiger partial charge is 0.497 e. The van der Waals surface area contributed by atoms with Crippen LogP contribution in [0.15, 0.2) is 47.4 Å². The average molecular weight is 462 g/mol. The van der Waals surface area contributed by atoms with Gasteiger partial charge in [-0.05, 0) is 43.2 Å². The predicted molar refractivity (Wildman–Crippen MR) is 120 cm³/mol. The molecule has 10 heteroatoms. The van der Waals surface area contributed by atoms with Crippen LogP contribution in [0.1, 0.15) is 19.8 Å². The number of nitrogens with one attached hydrogen (secondary N) is 2. The highest BCUT2D eigenvalue weighted by atomic mass is 32.2. The second-order valence-electron chi connectivity index (χ2n) is 7.47. The first kappa shape index (κ1) is 23.6. The third kappa shape index (κ3) is 5.38. The van der Waals surface area contributed by atoms with Gasteiger partial charge in [0.1, 0.15) is 16.4 Å². The quantitative estimate of drug-likeness (QED) is 0.655. The molecule has 1 heterocycles. The second-order valence-corrected chi connectivity index (χ2v) is 9.38. The topological polar surface area (TPSA) is 114 Å². The van der Waals surface area contributed by atoms with E-state index in [1.54, 1.807) is 36.4 Å². The zero-order chi connectivity index (χ0) is 23.3. The van der Waals surface area contributed by atoms with Gasteiger partial charge in [0.2, 0.25) is 21.8 Å². The molecule has 0 unspecified atom stereocenters. The lowest BCUT2D eigenvalue weighted by Crippen LogP contribution is -2.43. The molecular weight excluding hydrogens is 434 g/mol. The van der Waals surface area contributed by atoms with Gasteiger partial charge >= 0.3 is 0 Å². The highest BCUT2D eigenvalue weighted by Gasteiger charge is 2.35. The number of amides is 2. The third-order valence-electron chi connectivity index (χ3n) is 5.19. The molecule has 1 aliphatic heterocycles. The van der Waals surface area contributed by atoms with Crippen molar-refractivity contribution in [2.75, 3.05) is 37.9 Å². The van der Waals surface area contributed by atoms with E-state index in [1.165, 1.54) is 31.5 Å². The molecule has 1 fully saturated rings. The van der Waals surface area contributed by atoms with Crippen LogP contribution in [0.25, 0.3) is 0 Å². The summed E-state index contributed by atoms with van der Waals surface area (Å²) >= 11 is 0.